The first-order valence-electron chi connectivity index (χ1n) is 3.34. The highest BCUT2D eigenvalue weighted by Crippen LogP contribution is 1.86. The fourth-order valence-electron chi connectivity index (χ4n) is 0.405. The van der Waals surface area contributed by atoms with Gasteiger partial charge in [0.05, 0.1) is 0 Å². The van der Waals surface area contributed by atoms with Crippen LogP contribution in [0.1, 0.15) is 0 Å². The second-order valence-electron chi connectivity index (χ2n) is 1.75. The van der Waals surface area contributed by atoms with Crippen molar-refractivity contribution in [3.05, 3.63) is 12.7 Å². The van der Waals surface area contributed by atoms with E-state index >= 15 is 0 Å². The Labute approximate surface area is 77.2 Å². The SMILES string of the molecule is C=CCOC(=O)OCCO[SH](=O)=O. The zero-order valence-electron chi connectivity index (χ0n) is 6.80. The maximum absolute atomic E-state index is 10.5. The van der Waals surface area contributed by atoms with E-state index < -0.39 is 17.1 Å². The number of ether oxygens (including phenoxy) is 2. The molecular formula is C6H10O6S. The molecule has 0 heterocycles. The van der Waals surface area contributed by atoms with Gasteiger partial charge in [-0.3, -0.25) is 4.18 Å². The average molecular weight is 210 g/mol. The summed E-state index contributed by atoms with van der Waals surface area (Å²) in [6, 6.07) is 0. The monoisotopic (exact) mass is 210 g/mol. The van der Waals surface area contributed by atoms with Gasteiger partial charge in [0, 0.05) is 0 Å². The van der Waals surface area contributed by atoms with Crippen LogP contribution >= 0.6 is 0 Å². The summed E-state index contributed by atoms with van der Waals surface area (Å²) >= 11 is 0. The molecule has 0 aromatic heterocycles. The molecule has 0 aromatic carbocycles. The van der Waals surface area contributed by atoms with Crippen molar-refractivity contribution in [2.24, 2.45) is 0 Å². The maximum Gasteiger partial charge on any atom is 0.508 e. The van der Waals surface area contributed by atoms with Crippen molar-refractivity contribution >= 4 is 17.1 Å². The van der Waals surface area contributed by atoms with Crippen LogP contribution in [0.15, 0.2) is 12.7 Å². The summed E-state index contributed by atoms with van der Waals surface area (Å²) in [6.07, 6.45) is 0.497. The molecule has 0 bridgehead atoms. The van der Waals surface area contributed by atoms with E-state index in [9.17, 15) is 13.2 Å². The zero-order chi connectivity index (χ0) is 10.1. The highest BCUT2D eigenvalue weighted by molar-refractivity contribution is 7.67. The number of carbonyl (C=O) groups excluding carboxylic acids is 1. The first kappa shape index (κ1) is 11.9. The normalized spacial score (nSPS) is 9.62. The van der Waals surface area contributed by atoms with E-state index in [4.69, 9.17) is 0 Å². The Kier molecular flexibility index (Phi) is 6.93. The predicted octanol–water partition coefficient (Wildman–Crippen LogP) is -0.131. The highest BCUT2D eigenvalue weighted by Gasteiger charge is 2.01. The molecule has 7 heteroatoms. The van der Waals surface area contributed by atoms with Crippen LogP contribution in [0.3, 0.4) is 0 Å². The molecule has 0 rings (SSSR count). The molecule has 13 heavy (non-hydrogen) atoms. The van der Waals surface area contributed by atoms with Gasteiger partial charge in [-0.1, -0.05) is 12.7 Å². The summed E-state index contributed by atoms with van der Waals surface area (Å²) in [5.74, 6) is 0. The molecule has 0 aliphatic carbocycles. The van der Waals surface area contributed by atoms with Crippen molar-refractivity contribution in [2.45, 2.75) is 0 Å². The largest absolute Gasteiger partial charge is 0.508 e. The summed E-state index contributed by atoms with van der Waals surface area (Å²) in [5.41, 5.74) is 0. The minimum Gasteiger partial charge on any atom is -0.432 e. The lowest BCUT2D eigenvalue weighted by Crippen LogP contribution is -2.11. The maximum atomic E-state index is 10.5. The van der Waals surface area contributed by atoms with Gasteiger partial charge in [0.1, 0.15) is 19.8 Å². The number of hydrogen-bond acceptors (Lipinski definition) is 6. The van der Waals surface area contributed by atoms with Crippen LogP contribution in [0.2, 0.25) is 0 Å². The summed E-state index contributed by atoms with van der Waals surface area (Å²) < 4.78 is 32.6. The fourth-order valence-corrected chi connectivity index (χ4v) is 0.629. The molecule has 0 spiro atoms. The smallest absolute Gasteiger partial charge is 0.432 e. The van der Waals surface area contributed by atoms with Crippen LogP contribution in [0.5, 0.6) is 0 Å². The van der Waals surface area contributed by atoms with Crippen molar-refractivity contribution in [3.63, 3.8) is 0 Å². The number of rotatable bonds is 6. The van der Waals surface area contributed by atoms with E-state index in [0.29, 0.717) is 0 Å². The van der Waals surface area contributed by atoms with E-state index in [1.807, 2.05) is 0 Å². The number of carbonyl (C=O) groups is 1. The van der Waals surface area contributed by atoms with Gasteiger partial charge >= 0.3 is 6.16 Å². The first-order valence-corrected chi connectivity index (χ1v) is 4.44. The van der Waals surface area contributed by atoms with Crippen molar-refractivity contribution in [3.8, 4) is 0 Å². The fraction of sp³-hybridized carbons (Fsp3) is 0.500. The second kappa shape index (κ2) is 7.56. The summed E-state index contributed by atoms with van der Waals surface area (Å²) in [5, 5.41) is 0. The molecule has 0 N–H and O–H groups in total. The van der Waals surface area contributed by atoms with Crippen LogP contribution in [-0.4, -0.2) is 34.4 Å². The van der Waals surface area contributed by atoms with Crippen LogP contribution in [0.25, 0.3) is 0 Å². The van der Waals surface area contributed by atoms with Crippen LogP contribution in [0, 0.1) is 0 Å². The first-order chi connectivity index (χ1) is 6.16. The molecule has 0 saturated carbocycles. The lowest BCUT2D eigenvalue weighted by atomic mass is 10.7. The zero-order valence-corrected chi connectivity index (χ0v) is 7.70. The van der Waals surface area contributed by atoms with Crippen LogP contribution < -0.4 is 0 Å². The lowest BCUT2D eigenvalue weighted by molar-refractivity contribution is 0.0543. The molecule has 0 fully saturated rings. The van der Waals surface area contributed by atoms with E-state index in [-0.39, 0.29) is 19.8 Å². The summed E-state index contributed by atoms with van der Waals surface area (Å²) in [4.78, 5) is 10.5. The second-order valence-corrected chi connectivity index (χ2v) is 2.46. The lowest BCUT2D eigenvalue weighted by Gasteiger charge is -2.02. The van der Waals surface area contributed by atoms with Gasteiger partial charge in [0.2, 0.25) is 0 Å². The van der Waals surface area contributed by atoms with Gasteiger partial charge < -0.3 is 9.47 Å². The third-order valence-electron chi connectivity index (χ3n) is 0.819. The minimum absolute atomic E-state index is 0.0511. The molecule has 76 valence electrons. The molecule has 6 nitrogen and oxygen atoms in total. The van der Waals surface area contributed by atoms with Gasteiger partial charge in [-0.25, -0.2) is 13.2 Å². The van der Waals surface area contributed by atoms with E-state index in [1.165, 1.54) is 6.08 Å². The molecular weight excluding hydrogens is 200 g/mol. The van der Waals surface area contributed by atoms with Crippen LogP contribution in [0.4, 0.5) is 4.79 Å². The molecule has 0 radical (unpaired) electrons. The van der Waals surface area contributed by atoms with Crippen molar-refractivity contribution < 1.29 is 26.9 Å². The van der Waals surface area contributed by atoms with Gasteiger partial charge in [0.15, 0.2) is 0 Å². The number of hydrogen-bond donors (Lipinski definition) is 1. The molecule has 0 saturated heterocycles. The molecule has 0 atom stereocenters. The standard InChI is InChI=1S/C6H10O6S/c1-2-3-10-6(7)11-4-5-12-13(8)9/h2,13H,1,3-5H2. The van der Waals surface area contributed by atoms with Gasteiger partial charge in [-0.05, 0) is 0 Å². The molecule has 0 unspecified atom stereocenters. The molecule has 0 aromatic rings. The Bertz CT molecular complexity index is 225. The highest BCUT2D eigenvalue weighted by atomic mass is 32.2. The van der Waals surface area contributed by atoms with E-state index in [0.717, 1.165) is 0 Å². The Hall–Kier alpha value is -1.08. The topological polar surface area (TPSA) is 78.9 Å². The molecule has 0 aliphatic rings. The predicted molar refractivity (Wildman–Crippen MR) is 43.8 cm³/mol. The third kappa shape index (κ3) is 8.83. The van der Waals surface area contributed by atoms with Crippen molar-refractivity contribution in [1.82, 2.24) is 0 Å². The Balaban J connectivity index is 3.31. The van der Waals surface area contributed by atoms with E-state index in [2.05, 4.69) is 20.2 Å². The molecule has 0 amide bonds. The van der Waals surface area contributed by atoms with Gasteiger partial charge in [0.25, 0.3) is 11.0 Å². The average Bonchev–Trinajstić information content (AvgIpc) is 2.08. The van der Waals surface area contributed by atoms with Crippen molar-refractivity contribution in [2.75, 3.05) is 19.8 Å². The van der Waals surface area contributed by atoms with Gasteiger partial charge in [-0.15, -0.1) is 0 Å². The quantitative estimate of drug-likeness (QED) is 0.285. The summed E-state index contributed by atoms with van der Waals surface area (Å²) in [6.45, 7) is 2.99. The third-order valence-corrected chi connectivity index (χ3v) is 1.21. The Morgan fingerprint density at radius 2 is 2.00 bits per heavy atom. The molecule has 0 aliphatic heterocycles. The van der Waals surface area contributed by atoms with Gasteiger partial charge in [-0.2, -0.15) is 0 Å². The summed E-state index contributed by atoms with van der Waals surface area (Å²) in [7, 11) is -2.89. The minimum atomic E-state index is -2.89. The Morgan fingerprint density at radius 3 is 2.54 bits per heavy atom. The van der Waals surface area contributed by atoms with Crippen molar-refractivity contribution in [1.29, 1.82) is 0 Å². The van der Waals surface area contributed by atoms with E-state index in [1.54, 1.807) is 0 Å². The number of thiol groups is 1. The Morgan fingerprint density at radius 1 is 1.31 bits per heavy atom. The van der Waals surface area contributed by atoms with Crippen LogP contribution in [-0.2, 0) is 24.6 Å².